The molecular formula is C24H20N2O2. The highest BCUT2D eigenvalue weighted by Gasteiger charge is 2.09. The van der Waals surface area contributed by atoms with E-state index >= 15 is 0 Å². The molecule has 4 heteroatoms. The van der Waals surface area contributed by atoms with E-state index in [0.29, 0.717) is 0 Å². The van der Waals surface area contributed by atoms with E-state index in [4.69, 9.17) is 0 Å². The maximum absolute atomic E-state index is 10.1. The van der Waals surface area contributed by atoms with Crippen LogP contribution in [0.4, 0.5) is 0 Å². The van der Waals surface area contributed by atoms with Crippen molar-refractivity contribution in [1.29, 1.82) is 0 Å². The predicted molar refractivity (Wildman–Crippen MR) is 111 cm³/mol. The number of benzene rings is 2. The Kier molecular flexibility index (Phi) is 4.53. The van der Waals surface area contributed by atoms with Gasteiger partial charge in [-0.25, -0.2) is 0 Å². The Morgan fingerprint density at radius 2 is 1.00 bits per heavy atom. The van der Waals surface area contributed by atoms with Crippen LogP contribution in [0.5, 0.6) is 11.5 Å². The molecular weight excluding hydrogens is 348 g/mol. The molecule has 2 aromatic carbocycles. The Balaban J connectivity index is 1.63. The fourth-order valence-corrected chi connectivity index (χ4v) is 3.17. The fourth-order valence-electron chi connectivity index (χ4n) is 3.17. The lowest BCUT2D eigenvalue weighted by Crippen LogP contribution is -1.90. The van der Waals surface area contributed by atoms with E-state index in [1.807, 2.05) is 62.4 Å². The zero-order chi connectivity index (χ0) is 19.7. The van der Waals surface area contributed by atoms with E-state index in [-0.39, 0.29) is 11.5 Å². The number of phenols is 2. The molecule has 0 unspecified atom stereocenters. The number of phenolic OH excluding ortho intramolecular Hbond substituents is 2. The van der Waals surface area contributed by atoms with Crippen LogP contribution in [0.1, 0.15) is 11.1 Å². The van der Waals surface area contributed by atoms with Crippen LogP contribution in [0.15, 0.2) is 73.1 Å². The minimum atomic E-state index is 0.237. The van der Waals surface area contributed by atoms with E-state index in [9.17, 15) is 10.2 Å². The minimum absolute atomic E-state index is 0.237. The normalized spacial score (nSPS) is 10.8. The van der Waals surface area contributed by atoms with Crippen molar-refractivity contribution in [3.63, 3.8) is 0 Å². The standard InChI is InChI=1S/C24H20N2O2/c1-15-3-9-23(27)19(11-15)17-5-7-21(25-13-17)22-8-6-18(14-26-22)20-12-16(2)4-10-24(20)28/h3-14,27-28H,1-2H3. The summed E-state index contributed by atoms with van der Waals surface area (Å²) < 4.78 is 0. The second kappa shape index (κ2) is 7.16. The average Bonchev–Trinajstić information content (AvgIpc) is 2.72. The van der Waals surface area contributed by atoms with Crippen molar-refractivity contribution in [3.05, 3.63) is 84.2 Å². The minimum Gasteiger partial charge on any atom is -0.507 e. The quantitative estimate of drug-likeness (QED) is 0.501. The number of hydrogen-bond acceptors (Lipinski definition) is 4. The molecule has 2 N–H and O–H groups in total. The lowest BCUT2D eigenvalue weighted by atomic mass is 10.0. The van der Waals surface area contributed by atoms with Crippen molar-refractivity contribution in [2.45, 2.75) is 13.8 Å². The van der Waals surface area contributed by atoms with Crippen molar-refractivity contribution in [1.82, 2.24) is 9.97 Å². The molecule has 0 radical (unpaired) electrons. The van der Waals surface area contributed by atoms with Crippen molar-refractivity contribution in [3.8, 4) is 45.1 Å². The molecule has 28 heavy (non-hydrogen) atoms. The van der Waals surface area contributed by atoms with Crippen LogP contribution >= 0.6 is 0 Å². The first-order valence-electron chi connectivity index (χ1n) is 9.04. The first-order valence-corrected chi connectivity index (χ1v) is 9.04. The third-order valence-corrected chi connectivity index (χ3v) is 4.72. The Labute approximate surface area is 163 Å². The van der Waals surface area contributed by atoms with Gasteiger partial charge in [-0.1, -0.05) is 35.4 Å². The van der Waals surface area contributed by atoms with Gasteiger partial charge in [0.05, 0.1) is 11.4 Å². The molecule has 0 spiro atoms. The van der Waals surface area contributed by atoms with Crippen molar-refractivity contribution >= 4 is 0 Å². The Bertz CT molecular complexity index is 1040. The van der Waals surface area contributed by atoms with Gasteiger partial charge in [0.25, 0.3) is 0 Å². The third-order valence-electron chi connectivity index (χ3n) is 4.72. The van der Waals surface area contributed by atoms with Crippen LogP contribution in [0.3, 0.4) is 0 Å². The maximum atomic E-state index is 10.1. The first-order chi connectivity index (χ1) is 13.5. The number of hydrogen-bond donors (Lipinski definition) is 2. The van der Waals surface area contributed by atoms with Gasteiger partial charge in [-0.3, -0.25) is 9.97 Å². The second-order valence-electron chi connectivity index (χ2n) is 6.91. The molecule has 2 aromatic heterocycles. The van der Waals surface area contributed by atoms with Crippen LogP contribution in [0.2, 0.25) is 0 Å². The summed E-state index contributed by atoms with van der Waals surface area (Å²) in [5.74, 6) is 0.473. The highest BCUT2D eigenvalue weighted by atomic mass is 16.3. The number of nitrogens with zero attached hydrogens (tertiary/aromatic N) is 2. The van der Waals surface area contributed by atoms with Crippen LogP contribution in [0, 0.1) is 13.8 Å². The largest absolute Gasteiger partial charge is 0.507 e. The number of aromatic hydroxyl groups is 2. The van der Waals surface area contributed by atoms with Crippen LogP contribution < -0.4 is 0 Å². The SMILES string of the molecule is Cc1ccc(O)c(-c2ccc(-c3ccc(-c4cc(C)ccc4O)cn3)nc2)c1. The third kappa shape index (κ3) is 3.45. The maximum Gasteiger partial charge on any atom is 0.123 e. The molecule has 4 rings (SSSR count). The highest BCUT2D eigenvalue weighted by Crippen LogP contribution is 2.32. The summed E-state index contributed by atoms with van der Waals surface area (Å²) in [5.41, 5.74) is 6.88. The number of aryl methyl sites for hydroxylation is 2. The summed E-state index contributed by atoms with van der Waals surface area (Å²) in [4.78, 5) is 9.01. The molecule has 0 bridgehead atoms. The number of rotatable bonds is 3. The second-order valence-corrected chi connectivity index (χ2v) is 6.91. The topological polar surface area (TPSA) is 66.2 Å². The van der Waals surface area contributed by atoms with Gasteiger partial charge in [0.15, 0.2) is 0 Å². The monoisotopic (exact) mass is 368 g/mol. The molecule has 0 atom stereocenters. The molecule has 0 saturated carbocycles. The van der Waals surface area contributed by atoms with Gasteiger partial charge < -0.3 is 10.2 Å². The summed E-state index contributed by atoms with van der Waals surface area (Å²) in [6, 6.07) is 18.7. The number of pyridine rings is 2. The van der Waals surface area contributed by atoms with Gasteiger partial charge in [0.2, 0.25) is 0 Å². The lowest BCUT2D eigenvalue weighted by Gasteiger charge is -2.08. The fraction of sp³-hybridized carbons (Fsp3) is 0.0833. The molecule has 4 aromatic rings. The Hall–Kier alpha value is -3.66. The van der Waals surface area contributed by atoms with Crippen LogP contribution in [-0.4, -0.2) is 20.2 Å². The van der Waals surface area contributed by atoms with E-state index < -0.39 is 0 Å². The van der Waals surface area contributed by atoms with Gasteiger partial charge in [-0.05, 0) is 50.2 Å². The van der Waals surface area contributed by atoms with Gasteiger partial charge in [-0.15, -0.1) is 0 Å². The molecule has 0 aliphatic carbocycles. The molecule has 0 fully saturated rings. The van der Waals surface area contributed by atoms with E-state index in [0.717, 1.165) is 44.8 Å². The molecule has 0 aliphatic rings. The van der Waals surface area contributed by atoms with Gasteiger partial charge in [-0.2, -0.15) is 0 Å². The summed E-state index contributed by atoms with van der Waals surface area (Å²) in [5, 5.41) is 20.2. The summed E-state index contributed by atoms with van der Waals surface area (Å²) in [7, 11) is 0. The zero-order valence-electron chi connectivity index (χ0n) is 15.7. The zero-order valence-corrected chi connectivity index (χ0v) is 15.7. The Morgan fingerprint density at radius 3 is 1.36 bits per heavy atom. The van der Waals surface area contributed by atoms with E-state index in [1.165, 1.54) is 0 Å². The van der Waals surface area contributed by atoms with Gasteiger partial charge >= 0.3 is 0 Å². The molecule has 4 nitrogen and oxygen atoms in total. The molecule has 0 aliphatic heterocycles. The van der Waals surface area contributed by atoms with Crippen molar-refractivity contribution in [2.24, 2.45) is 0 Å². The van der Waals surface area contributed by atoms with Crippen molar-refractivity contribution in [2.75, 3.05) is 0 Å². The predicted octanol–water partition coefficient (Wildman–Crippen LogP) is 5.51. The average molecular weight is 368 g/mol. The molecule has 2 heterocycles. The lowest BCUT2D eigenvalue weighted by molar-refractivity contribution is 0.476. The molecule has 138 valence electrons. The Morgan fingerprint density at radius 1 is 0.571 bits per heavy atom. The van der Waals surface area contributed by atoms with E-state index in [1.54, 1.807) is 24.5 Å². The van der Waals surface area contributed by atoms with E-state index in [2.05, 4.69) is 9.97 Å². The molecule has 0 amide bonds. The van der Waals surface area contributed by atoms with Gasteiger partial charge in [0.1, 0.15) is 11.5 Å². The number of aromatic nitrogens is 2. The van der Waals surface area contributed by atoms with Crippen molar-refractivity contribution < 1.29 is 10.2 Å². The summed E-state index contributed by atoms with van der Waals surface area (Å²) in [6.45, 7) is 3.98. The van der Waals surface area contributed by atoms with Crippen LogP contribution in [0.25, 0.3) is 33.6 Å². The summed E-state index contributed by atoms with van der Waals surface area (Å²) in [6.07, 6.45) is 3.48. The van der Waals surface area contributed by atoms with Crippen LogP contribution in [-0.2, 0) is 0 Å². The molecule has 0 saturated heterocycles. The first kappa shape index (κ1) is 17.7. The highest BCUT2D eigenvalue weighted by molar-refractivity contribution is 5.73. The summed E-state index contributed by atoms with van der Waals surface area (Å²) >= 11 is 0. The smallest absolute Gasteiger partial charge is 0.123 e. The van der Waals surface area contributed by atoms with Gasteiger partial charge in [0, 0.05) is 34.6 Å².